The van der Waals surface area contributed by atoms with E-state index in [-0.39, 0.29) is 36.5 Å². The highest BCUT2D eigenvalue weighted by molar-refractivity contribution is 5.82. The Labute approximate surface area is 171 Å². The van der Waals surface area contributed by atoms with Gasteiger partial charge in [-0.25, -0.2) is 0 Å². The van der Waals surface area contributed by atoms with E-state index in [1.807, 2.05) is 23.1 Å². The minimum absolute atomic E-state index is 0.0726. The molecule has 7 nitrogen and oxygen atoms in total. The predicted octanol–water partition coefficient (Wildman–Crippen LogP) is 2.14. The van der Waals surface area contributed by atoms with Crippen molar-refractivity contribution in [2.45, 2.75) is 56.8 Å². The lowest BCUT2D eigenvalue weighted by Crippen LogP contribution is -2.49. The van der Waals surface area contributed by atoms with Crippen LogP contribution in [0.5, 0.6) is 11.5 Å². The van der Waals surface area contributed by atoms with Crippen molar-refractivity contribution in [2.75, 3.05) is 26.8 Å². The Morgan fingerprint density at radius 3 is 2.41 bits per heavy atom. The number of piperidine rings is 1. The first-order chi connectivity index (χ1) is 14.1. The molecule has 158 valence electrons. The molecule has 1 N–H and O–H groups in total. The Hall–Kier alpha value is -2.28. The zero-order valence-corrected chi connectivity index (χ0v) is 17.0. The Balaban J connectivity index is 1.22. The fourth-order valence-corrected chi connectivity index (χ4v) is 4.50. The minimum Gasteiger partial charge on any atom is -0.485 e. The van der Waals surface area contributed by atoms with Gasteiger partial charge in [0.05, 0.1) is 6.10 Å². The first kappa shape index (κ1) is 20.0. The molecular weight excluding hydrogens is 372 g/mol. The maximum atomic E-state index is 12.8. The van der Waals surface area contributed by atoms with Gasteiger partial charge in [0.15, 0.2) is 11.5 Å². The number of likely N-dealkylation sites (tertiary alicyclic amines) is 1. The molecule has 0 radical (unpaired) electrons. The average Bonchev–Trinajstić information content (AvgIpc) is 2.79. The van der Waals surface area contributed by atoms with E-state index in [1.165, 1.54) is 0 Å². The van der Waals surface area contributed by atoms with Crippen LogP contribution >= 0.6 is 0 Å². The second-order valence-corrected chi connectivity index (χ2v) is 8.18. The van der Waals surface area contributed by atoms with Crippen LogP contribution in [0, 0.1) is 5.92 Å². The third kappa shape index (κ3) is 4.66. The topological polar surface area (TPSA) is 77.1 Å². The first-order valence-corrected chi connectivity index (χ1v) is 10.6. The Morgan fingerprint density at radius 2 is 1.72 bits per heavy atom. The number of rotatable bonds is 4. The first-order valence-electron chi connectivity index (χ1n) is 10.6. The van der Waals surface area contributed by atoms with E-state index in [0.717, 1.165) is 51.6 Å². The molecule has 2 heterocycles. The Kier molecular flexibility index (Phi) is 6.23. The number of carbonyl (C=O) groups is 2. The fourth-order valence-electron chi connectivity index (χ4n) is 4.50. The van der Waals surface area contributed by atoms with Crippen LogP contribution in [0.1, 0.15) is 38.5 Å². The molecule has 1 unspecified atom stereocenters. The highest BCUT2D eigenvalue weighted by Crippen LogP contribution is 2.31. The van der Waals surface area contributed by atoms with Crippen LogP contribution in [-0.2, 0) is 14.3 Å². The van der Waals surface area contributed by atoms with Crippen LogP contribution in [0.4, 0.5) is 0 Å². The zero-order chi connectivity index (χ0) is 20.2. The lowest BCUT2D eigenvalue weighted by molar-refractivity contribution is -0.139. The zero-order valence-electron chi connectivity index (χ0n) is 17.0. The molecule has 2 fully saturated rings. The molecule has 29 heavy (non-hydrogen) atoms. The summed E-state index contributed by atoms with van der Waals surface area (Å²) in [7, 11) is 1.74. The van der Waals surface area contributed by atoms with Crippen LogP contribution in [-0.4, -0.2) is 61.8 Å². The number of benzene rings is 1. The molecule has 0 bridgehead atoms. The van der Waals surface area contributed by atoms with Crippen molar-refractivity contribution in [3.05, 3.63) is 24.3 Å². The molecular formula is C22H30N2O5. The van der Waals surface area contributed by atoms with Gasteiger partial charge in [0.25, 0.3) is 5.91 Å². The molecule has 2 aliphatic heterocycles. The van der Waals surface area contributed by atoms with Crippen LogP contribution in [0.15, 0.2) is 24.3 Å². The average molecular weight is 402 g/mol. The van der Waals surface area contributed by atoms with Crippen LogP contribution in [0.25, 0.3) is 0 Å². The molecule has 3 aliphatic rings. The van der Waals surface area contributed by atoms with Gasteiger partial charge in [-0.2, -0.15) is 0 Å². The third-order valence-electron chi connectivity index (χ3n) is 6.31. The number of carbonyl (C=O) groups excluding carboxylic acids is 2. The molecule has 4 rings (SSSR count). The molecule has 1 aliphatic carbocycles. The molecule has 7 heteroatoms. The lowest BCUT2D eigenvalue weighted by Gasteiger charge is -2.36. The summed E-state index contributed by atoms with van der Waals surface area (Å²) in [6.45, 7) is 1.79. The second kappa shape index (κ2) is 9.03. The number of methoxy groups -OCH3 is 1. The third-order valence-corrected chi connectivity index (χ3v) is 6.31. The summed E-state index contributed by atoms with van der Waals surface area (Å²) < 4.78 is 16.8. The number of nitrogens with zero attached hydrogens (tertiary/aromatic N) is 1. The van der Waals surface area contributed by atoms with Crippen molar-refractivity contribution in [1.82, 2.24) is 10.2 Å². The second-order valence-electron chi connectivity index (χ2n) is 8.18. The van der Waals surface area contributed by atoms with Crippen molar-refractivity contribution in [3.63, 3.8) is 0 Å². The van der Waals surface area contributed by atoms with E-state index in [2.05, 4.69) is 5.32 Å². The van der Waals surface area contributed by atoms with Crippen LogP contribution in [0.2, 0.25) is 0 Å². The van der Waals surface area contributed by atoms with E-state index in [0.29, 0.717) is 11.5 Å². The SMILES string of the molecule is COC1CCN(C(=O)C2CCC(NC(=O)C3COc4ccccc4O3)CC2)CC1. The van der Waals surface area contributed by atoms with Crippen molar-refractivity contribution >= 4 is 11.8 Å². The summed E-state index contributed by atoms with van der Waals surface area (Å²) in [5, 5.41) is 3.09. The van der Waals surface area contributed by atoms with E-state index < -0.39 is 6.10 Å². The number of ether oxygens (including phenoxy) is 3. The van der Waals surface area contributed by atoms with Crippen molar-refractivity contribution in [1.29, 1.82) is 0 Å². The molecule has 1 saturated heterocycles. The highest BCUT2D eigenvalue weighted by atomic mass is 16.6. The summed E-state index contributed by atoms with van der Waals surface area (Å²) in [5.41, 5.74) is 0. The Morgan fingerprint density at radius 1 is 1.03 bits per heavy atom. The molecule has 0 spiro atoms. The summed E-state index contributed by atoms with van der Waals surface area (Å²) in [4.78, 5) is 27.4. The molecule has 1 saturated carbocycles. The number of hydrogen-bond donors (Lipinski definition) is 1. The summed E-state index contributed by atoms with van der Waals surface area (Å²) in [5.74, 6) is 1.47. The number of para-hydroxylation sites is 2. The van der Waals surface area contributed by atoms with Gasteiger partial charge < -0.3 is 24.4 Å². The maximum Gasteiger partial charge on any atom is 0.264 e. The normalized spacial score (nSPS) is 27.3. The smallest absolute Gasteiger partial charge is 0.264 e. The van der Waals surface area contributed by atoms with Gasteiger partial charge in [0.2, 0.25) is 12.0 Å². The van der Waals surface area contributed by atoms with Gasteiger partial charge in [-0.3, -0.25) is 9.59 Å². The van der Waals surface area contributed by atoms with Crippen molar-refractivity contribution < 1.29 is 23.8 Å². The van der Waals surface area contributed by atoms with Crippen LogP contribution < -0.4 is 14.8 Å². The molecule has 0 aromatic heterocycles. The summed E-state index contributed by atoms with van der Waals surface area (Å²) in [6.07, 6.45) is 4.76. The van der Waals surface area contributed by atoms with Gasteiger partial charge in [0.1, 0.15) is 6.61 Å². The molecule has 1 aromatic rings. The number of amides is 2. The quantitative estimate of drug-likeness (QED) is 0.835. The monoisotopic (exact) mass is 402 g/mol. The predicted molar refractivity (Wildman–Crippen MR) is 107 cm³/mol. The van der Waals surface area contributed by atoms with Gasteiger partial charge in [-0.05, 0) is 50.7 Å². The molecule has 1 atom stereocenters. The Bertz CT molecular complexity index is 724. The van der Waals surface area contributed by atoms with Crippen LogP contribution in [0.3, 0.4) is 0 Å². The van der Waals surface area contributed by atoms with E-state index in [4.69, 9.17) is 14.2 Å². The number of nitrogens with one attached hydrogen (secondary N) is 1. The van der Waals surface area contributed by atoms with Crippen molar-refractivity contribution in [2.24, 2.45) is 5.92 Å². The maximum absolute atomic E-state index is 12.8. The van der Waals surface area contributed by atoms with Gasteiger partial charge in [-0.15, -0.1) is 0 Å². The van der Waals surface area contributed by atoms with Gasteiger partial charge in [-0.1, -0.05) is 12.1 Å². The number of hydrogen-bond acceptors (Lipinski definition) is 5. The highest BCUT2D eigenvalue weighted by Gasteiger charge is 2.34. The molecule has 2 amide bonds. The largest absolute Gasteiger partial charge is 0.485 e. The van der Waals surface area contributed by atoms with E-state index in [9.17, 15) is 9.59 Å². The summed E-state index contributed by atoms with van der Waals surface area (Å²) in [6, 6.07) is 7.47. The van der Waals surface area contributed by atoms with Gasteiger partial charge >= 0.3 is 0 Å². The van der Waals surface area contributed by atoms with Crippen molar-refractivity contribution in [3.8, 4) is 11.5 Å². The number of fused-ring (bicyclic) bond motifs is 1. The standard InChI is InChI=1S/C22H30N2O5/c1-27-17-10-12-24(13-11-17)22(26)15-6-8-16(9-7-15)23-21(25)20-14-28-18-4-2-3-5-19(18)29-20/h2-5,15-17,20H,6-14H2,1H3,(H,23,25). The van der Waals surface area contributed by atoms with E-state index >= 15 is 0 Å². The van der Waals surface area contributed by atoms with E-state index in [1.54, 1.807) is 13.2 Å². The molecule has 1 aromatic carbocycles. The summed E-state index contributed by atoms with van der Waals surface area (Å²) >= 11 is 0. The lowest BCUT2D eigenvalue weighted by atomic mass is 9.84. The fraction of sp³-hybridized carbons (Fsp3) is 0.636. The minimum atomic E-state index is -0.633. The van der Waals surface area contributed by atoms with Gasteiger partial charge in [0, 0.05) is 32.2 Å².